The highest BCUT2D eigenvalue weighted by molar-refractivity contribution is 6.42. The summed E-state index contributed by atoms with van der Waals surface area (Å²) in [6.45, 7) is 4.40. The Bertz CT molecular complexity index is 490. The summed E-state index contributed by atoms with van der Waals surface area (Å²) < 4.78 is 0. The van der Waals surface area contributed by atoms with Gasteiger partial charge in [-0.25, -0.2) is 0 Å². The molecule has 0 atom stereocenters. The van der Waals surface area contributed by atoms with Gasteiger partial charge in [-0.05, 0) is 37.1 Å². The van der Waals surface area contributed by atoms with Crippen LogP contribution in [0.1, 0.15) is 31.7 Å². The Kier molecular flexibility index (Phi) is 7.28. The molecule has 1 aromatic rings. The zero-order chi connectivity index (χ0) is 14.6. The number of nitrogens with one attached hydrogen (secondary N) is 2. The van der Waals surface area contributed by atoms with Crippen LogP contribution in [0.3, 0.4) is 0 Å². The SMILES string of the molecule is CCNCCNC(=O)C1(c2ccc(Cl)c(Cl)c2)CCC1.Cl. The van der Waals surface area contributed by atoms with Gasteiger partial charge in [0.1, 0.15) is 0 Å². The molecule has 0 aromatic heterocycles. The maximum Gasteiger partial charge on any atom is 0.230 e. The predicted octanol–water partition coefficient (Wildman–Crippen LogP) is 3.56. The van der Waals surface area contributed by atoms with Crippen molar-refractivity contribution in [2.24, 2.45) is 0 Å². The molecule has 1 aromatic carbocycles. The van der Waals surface area contributed by atoms with Crippen LogP contribution >= 0.6 is 35.6 Å². The van der Waals surface area contributed by atoms with Crippen LogP contribution in [0.2, 0.25) is 10.0 Å². The maximum atomic E-state index is 12.5. The molecular weight excluding hydrogens is 331 g/mol. The molecule has 0 aliphatic heterocycles. The fourth-order valence-corrected chi connectivity index (χ4v) is 2.88. The van der Waals surface area contributed by atoms with E-state index < -0.39 is 5.41 Å². The average Bonchev–Trinajstić information content (AvgIpc) is 2.37. The molecule has 3 nitrogen and oxygen atoms in total. The minimum Gasteiger partial charge on any atom is -0.354 e. The van der Waals surface area contributed by atoms with Gasteiger partial charge in [0, 0.05) is 13.1 Å². The first-order valence-corrected chi connectivity index (χ1v) is 7.80. The highest BCUT2D eigenvalue weighted by Gasteiger charge is 2.45. The third kappa shape index (κ3) is 4.04. The zero-order valence-corrected chi connectivity index (χ0v) is 14.4. The number of benzene rings is 1. The van der Waals surface area contributed by atoms with Crippen molar-refractivity contribution >= 4 is 41.5 Å². The molecule has 1 amide bonds. The third-order valence-electron chi connectivity index (χ3n) is 3.95. The molecule has 0 spiro atoms. The Hall–Kier alpha value is -0.480. The summed E-state index contributed by atoms with van der Waals surface area (Å²) in [5.74, 6) is 0.0973. The van der Waals surface area contributed by atoms with Crippen molar-refractivity contribution in [3.8, 4) is 0 Å². The molecule has 0 heterocycles. The Morgan fingerprint density at radius 1 is 1.24 bits per heavy atom. The number of hydrogen-bond donors (Lipinski definition) is 2. The largest absolute Gasteiger partial charge is 0.354 e. The van der Waals surface area contributed by atoms with E-state index in [1.807, 2.05) is 19.1 Å². The molecule has 1 aliphatic carbocycles. The van der Waals surface area contributed by atoms with Gasteiger partial charge >= 0.3 is 0 Å². The molecule has 0 radical (unpaired) electrons. The molecule has 0 saturated heterocycles. The van der Waals surface area contributed by atoms with Crippen LogP contribution in [0.25, 0.3) is 0 Å². The van der Waals surface area contributed by atoms with Crippen LogP contribution in [0, 0.1) is 0 Å². The van der Waals surface area contributed by atoms with E-state index in [2.05, 4.69) is 10.6 Å². The lowest BCUT2D eigenvalue weighted by Crippen LogP contribution is -2.50. The van der Waals surface area contributed by atoms with E-state index in [9.17, 15) is 4.79 Å². The van der Waals surface area contributed by atoms with E-state index in [0.29, 0.717) is 16.6 Å². The summed E-state index contributed by atoms with van der Waals surface area (Å²) in [5.41, 5.74) is 0.555. The van der Waals surface area contributed by atoms with Gasteiger partial charge in [-0.15, -0.1) is 12.4 Å². The van der Waals surface area contributed by atoms with Crippen molar-refractivity contribution in [1.29, 1.82) is 0 Å². The lowest BCUT2D eigenvalue weighted by molar-refractivity contribution is -0.129. The number of amides is 1. The summed E-state index contributed by atoms with van der Waals surface area (Å²) in [4.78, 5) is 12.5. The fraction of sp³-hybridized carbons (Fsp3) is 0.533. The molecule has 2 N–H and O–H groups in total. The van der Waals surface area contributed by atoms with Gasteiger partial charge in [0.2, 0.25) is 5.91 Å². The molecule has 1 saturated carbocycles. The number of halogens is 3. The topological polar surface area (TPSA) is 41.1 Å². The van der Waals surface area contributed by atoms with Crippen molar-refractivity contribution in [3.63, 3.8) is 0 Å². The van der Waals surface area contributed by atoms with E-state index in [-0.39, 0.29) is 18.3 Å². The van der Waals surface area contributed by atoms with E-state index in [1.54, 1.807) is 6.07 Å². The summed E-state index contributed by atoms with van der Waals surface area (Å²) in [6.07, 6.45) is 2.82. The molecular formula is C15H21Cl3N2O. The van der Waals surface area contributed by atoms with E-state index in [1.165, 1.54) is 0 Å². The number of hydrogen-bond acceptors (Lipinski definition) is 2. The monoisotopic (exact) mass is 350 g/mol. The van der Waals surface area contributed by atoms with Crippen LogP contribution in [0.15, 0.2) is 18.2 Å². The Morgan fingerprint density at radius 2 is 1.95 bits per heavy atom. The molecule has 0 bridgehead atoms. The standard InChI is InChI=1S/C15H20Cl2N2O.ClH/c1-2-18-8-9-19-14(20)15(6-3-7-15)11-4-5-12(16)13(17)10-11;/h4-5,10,18H,2-3,6-9H2,1H3,(H,19,20);1H. The predicted molar refractivity (Wildman–Crippen MR) is 90.8 cm³/mol. The van der Waals surface area contributed by atoms with Crippen LogP contribution in [0.4, 0.5) is 0 Å². The van der Waals surface area contributed by atoms with E-state index in [4.69, 9.17) is 23.2 Å². The highest BCUT2D eigenvalue weighted by atomic mass is 35.5. The summed E-state index contributed by atoms with van der Waals surface area (Å²) in [7, 11) is 0. The van der Waals surface area contributed by atoms with Gasteiger partial charge in [-0.1, -0.05) is 42.6 Å². The van der Waals surface area contributed by atoms with E-state index >= 15 is 0 Å². The second-order valence-electron chi connectivity index (χ2n) is 5.17. The molecule has 0 unspecified atom stereocenters. The van der Waals surface area contributed by atoms with Gasteiger partial charge in [0.05, 0.1) is 15.5 Å². The second-order valence-corrected chi connectivity index (χ2v) is 5.99. The van der Waals surface area contributed by atoms with Gasteiger partial charge in [0.25, 0.3) is 0 Å². The molecule has 1 aliphatic rings. The van der Waals surface area contributed by atoms with Crippen LogP contribution in [0.5, 0.6) is 0 Å². The number of rotatable bonds is 6. The van der Waals surface area contributed by atoms with Crippen molar-refractivity contribution in [1.82, 2.24) is 10.6 Å². The summed E-state index contributed by atoms with van der Waals surface area (Å²) in [6, 6.07) is 5.51. The highest BCUT2D eigenvalue weighted by Crippen LogP contribution is 2.45. The van der Waals surface area contributed by atoms with Gasteiger partial charge < -0.3 is 10.6 Å². The number of likely N-dealkylation sites (N-methyl/N-ethyl adjacent to an activating group) is 1. The summed E-state index contributed by atoms with van der Waals surface area (Å²) >= 11 is 12.0. The molecule has 1 fully saturated rings. The quantitative estimate of drug-likeness (QED) is 0.769. The first-order chi connectivity index (χ1) is 9.60. The Labute approximate surface area is 142 Å². The van der Waals surface area contributed by atoms with Crippen molar-refractivity contribution in [2.75, 3.05) is 19.6 Å². The number of carbonyl (C=O) groups is 1. The maximum absolute atomic E-state index is 12.5. The minimum absolute atomic E-state index is 0. The third-order valence-corrected chi connectivity index (χ3v) is 4.69. The number of carbonyl (C=O) groups excluding carboxylic acids is 1. The van der Waals surface area contributed by atoms with E-state index in [0.717, 1.165) is 37.9 Å². The zero-order valence-electron chi connectivity index (χ0n) is 12.0. The van der Waals surface area contributed by atoms with Gasteiger partial charge in [0.15, 0.2) is 0 Å². The second kappa shape index (κ2) is 8.23. The lowest BCUT2D eigenvalue weighted by atomic mass is 9.64. The lowest BCUT2D eigenvalue weighted by Gasteiger charge is -2.41. The van der Waals surface area contributed by atoms with Crippen molar-refractivity contribution in [2.45, 2.75) is 31.6 Å². The molecule has 6 heteroatoms. The van der Waals surface area contributed by atoms with Crippen LogP contribution in [-0.4, -0.2) is 25.5 Å². The van der Waals surface area contributed by atoms with Crippen molar-refractivity contribution < 1.29 is 4.79 Å². The molecule has 2 rings (SSSR count). The minimum atomic E-state index is -0.416. The average molecular weight is 352 g/mol. The Balaban J connectivity index is 0.00000220. The normalized spacial score (nSPS) is 15.8. The Morgan fingerprint density at radius 3 is 2.48 bits per heavy atom. The smallest absolute Gasteiger partial charge is 0.230 e. The summed E-state index contributed by atoms with van der Waals surface area (Å²) in [5, 5.41) is 7.24. The van der Waals surface area contributed by atoms with Gasteiger partial charge in [-0.2, -0.15) is 0 Å². The molecule has 21 heavy (non-hydrogen) atoms. The van der Waals surface area contributed by atoms with Crippen LogP contribution < -0.4 is 10.6 Å². The first kappa shape index (κ1) is 18.6. The van der Waals surface area contributed by atoms with Crippen LogP contribution in [-0.2, 0) is 10.2 Å². The molecule has 118 valence electrons. The fourth-order valence-electron chi connectivity index (χ4n) is 2.58. The first-order valence-electron chi connectivity index (χ1n) is 7.04. The van der Waals surface area contributed by atoms with Gasteiger partial charge in [-0.3, -0.25) is 4.79 Å². The van der Waals surface area contributed by atoms with Crippen molar-refractivity contribution in [3.05, 3.63) is 33.8 Å².